The maximum Gasteiger partial charge on any atom is 0.347 e. The van der Waals surface area contributed by atoms with Crippen LogP contribution in [0.3, 0.4) is 0 Å². The number of esters is 6. The van der Waals surface area contributed by atoms with Crippen LogP contribution in [0.15, 0.2) is 12.2 Å². The van der Waals surface area contributed by atoms with Crippen LogP contribution in [0.4, 0.5) is 0 Å². The summed E-state index contributed by atoms with van der Waals surface area (Å²) < 4.78 is 17.9. The predicted octanol–water partition coefficient (Wildman–Crippen LogP) is 0.0337. The highest BCUT2D eigenvalue weighted by Crippen LogP contribution is 2.36. The lowest BCUT2D eigenvalue weighted by atomic mass is 9.85. The molecule has 0 saturated carbocycles. The molecule has 3 aromatic rings. The number of carboxylic acid groups (broad SMARTS) is 13. The van der Waals surface area contributed by atoms with Crippen molar-refractivity contribution in [3.8, 4) is 0 Å². The summed E-state index contributed by atoms with van der Waals surface area (Å²) in [6.45, 7) is 1.66. The quantitative estimate of drug-likeness (QED) is 0.0208. The summed E-state index contributed by atoms with van der Waals surface area (Å²) in [5, 5.41) is 130. The number of hydrogen-bond acceptors (Lipinski definition) is 23. The number of benzene rings is 3. The molecule has 0 amide bonds. The minimum Gasteiger partial charge on any atom is -0.478 e. The van der Waals surface area contributed by atoms with Gasteiger partial charge in [-0.2, -0.15) is 0 Å². The van der Waals surface area contributed by atoms with Crippen molar-refractivity contribution in [2.24, 2.45) is 0 Å². The lowest BCUT2D eigenvalue weighted by Gasteiger charge is -2.21. The van der Waals surface area contributed by atoms with Crippen LogP contribution in [0.5, 0.6) is 0 Å². The SMILES string of the molecule is C=C(C)C(=O)OCCOC(=O)c1c(C(=O)O)c(C(=O)O)c(C(=O)O)c(C(=O)OC(=O)c2c(C(=O)O)c(C(=O)O)c(C(=O)O)c(C(=O)O)c2C(=O)O)c1C(=O)OC(=O)c1c(C(=O)O)c(C(=O)O)c(C(=O)O)c(C(=O)O)c1C(=O)O. The Balaban J connectivity index is 2.82. The summed E-state index contributed by atoms with van der Waals surface area (Å²) >= 11 is 0. The van der Waals surface area contributed by atoms with Gasteiger partial charge < -0.3 is 85.3 Å². The predicted molar refractivity (Wildman–Crippen MR) is 225 cm³/mol. The highest BCUT2D eigenvalue weighted by atomic mass is 16.6. The van der Waals surface area contributed by atoms with E-state index in [2.05, 4.69) is 25.5 Å². The van der Waals surface area contributed by atoms with Gasteiger partial charge in [-0.25, -0.2) is 91.1 Å². The Hall–Kier alpha value is -12.3. The van der Waals surface area contributed by atoms with E-state index in [0.29, 0.717) is 0 Å². The molecule has 0 fully saturated rings. The van der Waals surface area contributed by atoms with Gasteiger partial charge >= 0.3 is 113 Å². The Bertz CT molecular complexity index is 3380. The van der Waals surface area contributed by atoms with Gasteiger partial charge in [0.05, 0.1) is 100 Å². The molecule has 3 aromatic carbocycles. The van der Waals surface area contributed by atoms with Crippen LogP contribution in [0, 0.1) is 0 Å². The Kier molecular flexibility index (Phi) is 17.4. The van der Waals surface area contributed by atoms with Gasteiger partial charge in [0.1, 0.15) is 13.2 Å². The molecule has 36 nitrogen and oxygen atoms in total. The van der Waals surface area contributed by atoms with Gasteiger partial charge in [0.25, 0.3) is 0 Å². The molecule has 0 aliphatic rings. The molecule has 406 valence electrons. The molecule has 0 heterocycles. The molecular formula is C42H22O36. The number of aromatic carboxylic acids is 13. The highest BCUT2D eigenvalue weighted by molar-refractivity contribution is 6.29. The van der Waals surface area contributed by atoms with E-state index in [-0.39, 0.29) is 5.57 Å². The fourth-order valence-corrected chi connectivity index (χ4v) is 6.89. The number of carboxylic acids is 13. The Morgan fingerprint density at radius 2 is 0.397 bits per heavy atom. The molecule has 13 N–H and O–H groups in total. The zero-order chi connectivity index (χ0) is 60.2. The van der Waals surface area contributed by atoms with Gasteiger partial charge in [-0.05, 0) is 6.92 Å². The first-order valence-corrected chi connectivity index (χ1v) is 19.2. The monoisotopic (exact) mass is 1100 g/mol. The maximum absolute atomic E-state index is 14.4. The molecule has 0 radical (unpaired) electrons. The van der Waals surface area contributed by atoms with Crippen LogP contribution < -0.4 is 0 Å². The van der Waals surface area contributed by atoms with E-state index in [1.54, 1.807) is 0 Å². The molecule has 0 bridgehead atoms. The molecule has 0 saturated heterocycles. The summed E-state index contributed by atoms with van der Waals surface area (Å²) in [7, 11) is 0. The van der Waals surface area contributed by atoms with E-state index in [1.807, 2.05) is 0 Å². The van der Waals surface area contributed by atoms with Gasteiger partial charge in [-0.3, -0.25) is 0 Å². The summed E-state index contributed by atoms with van der Waals surface area (Å²) in [6.07, 6.45) is 0. The number of ether oxygens (including phenoxy) is 4. The molecular weight excluding hydrogens is 1080 g/mol. The van der Waals surface area contributed by atoms with Crippen molar-refractivity contribution in [1.82, 2.24) is 0 Å². The smallest absolute Gasteiger partial charge is 0.347 e. The van der Waals surface area contributed by atoms with Crippen molar-refractivity contribution in [2.45, 2.75) is 6.92 Å². The van der Waals surface area contributed by atoms with Gasteiger partial charge in [0, 0.05) is 5.57 Å². The number of carbonyl (C=O) groups is 19. The van der Waals surface area contributed by atoms with Crippen LogP contribution in [-0.4, -0.2) is 193 Å². The zero-order valence-electron chi connectivity index (χ0n) is 37.3. The fourth-order valence-electron chi connectivity index (χ4n) is 6.89. The number of carbonyl (C=O) groups excluding carboxylic acids is 6. The van der Waals surface area contributed by atoms with E-state index >= 15 is 0 Å². The van der Waals surface area contributed by atoms with Crippen LogP contribution >= 0.6 is 0 Å². The molecule has 3 rings (SSSR count). The first kappa shape index (κ1) is 60.0. The summed E-state index contributed by atoms with van der Waals surface area (Å²) in [5.74, 6) is -53.8. The highest BCUT2D eigenvalue weighted by Gasteiger charge is 2.47. The maximum atomic E-state index is 14.4. The number of rotatable bonds is 22. The average Bonchev–Trinajstić information content (AvgIpc) is 3.30. The molecule has 0 aromatic heterocycles. The largest absolute Gasteiger partial charge is 0.478 e. The lowest BCUT2D eigenvalue weighted by Crippen LogP contribution is -2.33. The second-order valence-electron chi connectivity index (χ2n) is 14.1. The minimum absolute atomic E-state index is 0.361. The van der Waals surface area contributed by atoms with Gasteiger partial charge in [-0.1, -0.05) is 6.58 Å². The van der Waals surface area contributed by atoms with Crippen molar-refractivity contribution in [3.05, 3.63) is 112 Å². The average molecular weight is 1100 g/mol. The molecule has 0 aliphatic heterocycles. The van der Waals surface area contributed by atoms with E-state index in [0.717, 1.165) is 6.92 Å². The molecule has 0 atom stereocenters. The standard InChI is InChI=1S/C42H22O36/c1-5(2)37(69)75-3-4-76-38(70)21-17(35(65)66)12(30(55)56)18(36(67)68)22(41(73)77-39(71)19-13(31(57)58)8(26(47)48)6(24(43)44)9(27(49)50)14(19)32(59)60)23(21)42(74)78-40(72)20-15(33(61)62)10(28(51)52)7(25(45)46)11(29(53)54)16(20)34(63)64/h1,3-4H2,2H3,(H,43,44)(H,45,46)(H,47,48)(H,49,50)(H,51,52)(H,53,54)(H,55,56)(H,57,58)(H,59,60)(H,61,62)(H,63,64)(H,65,66)(H,67,68). The van der Waals surface area contributed by atoms with Crippen molar-refractivity contribution in [2.75, 3.05) is 13.2 Å². The van der Waals surface area contributed by atoms with Crippen molar-refractivity contribution < 1.29 is 176 Å². The summed E-state index contributed by atoms with van der Waals surface area (Å²) in [6, 6.07) is 0. The van der Waals surface area contributed by atoms with Crippen LogP contribution in [0.25, 0.3) is 0 Å². The second kappa shape index (κ2) is 22.7. The van der Waals surface area contributed by atoms with Crippen molar-refractivity contribution in [3.63, 3.8) is 0 Å². The van der Waals surface area contributed by atoms with Crippen LogP contribution in [0.1, 0.15) is 193 Å². The summed E-state index contributed by atoms with van der Waals surface area (Å²) in [4.78, 5) is 245. The van der Waals surface area contributed by atoms with E-state index in [9.17, 15) is 157 Å². The van der Waals surface area contributed by atoms with Crippen LogP contribution in [-0.2, 0) is 23.7 Å². The molecule has 0 spiro atoms. The van der Waals surface area contributed by atoms with Crippen molar-refractivity contribution >= 4 is 113 Å². The molecule has 0 unspecified atom stereocenters. The van der Waals surface area contributed by atoms with Gasteiger partial charge in [0.2, 0.25) is 0 Å². The van der Waals surface area contributed by atoms with Crippen LogP contribution in [0.2, 0.25) is 0 Å². The normalized spacial score (nSPS) is 10.4. The van der Waals surface area contributed by atoms with E-state index < -0.39 is 227 Å². The van der Waals surface area contributed by atoms with E-state index in [4.69, 9.17) is 0 Å². The molecule has 78 heavy (non-hydrogen) atoms. The Morgan fingerprint density at radius 3 is 0.577 bits per heavy atom. The second-order valence-corrected chi connectivity index (χ2v) is 14.1. The molecule has 0 aliphatic carbocycles. The van der Waals surface area contributed by atoms with E-state index in [1.165, 1.54) is 0 Å². The minimum atomic E-state index is -3.21. The summed E-state index contributed by atoms with van der Waals surface area (Å²) in [5.41, 5.74) is -44.0. The fraction of sp³-hybridized carbons (Fsp3) is 0.0714. The van der Waals surface area contributed by atoms with Gasteiger partial charge in [-0.15, -0.1) is 0 Å². The Labute approximate surface area is 421 Å². The topological polar surface area (TPSA) is 624 Å². The third-order valence-corrected chi connectivity index (χ3v) is 9.57. The van der Waals surface area contributed by atoms with Crippen molar-refractivity contribution in [1.29, 1.82) is 0 Å². The zero-order valence-corrected chi connectivity index (χ0v) is 37.3. The third-order valence-electron chi connectivity index (χ3n) is 9.57. The first-order valence-electron chi connectivity index (χ1n) is 19.2. The van der Waals surface area contributed by atoms with Gasteiger partial charge in [0.15, 0.2) is 0 Å². The third kappa shape index (κ3) is 11.0. The molecule has 36 heteroatoms. The first-order chi connectivity index (χ1) is 35.9. The lowest BCUT2D eigenvalue weighted by molar-refractivity contribution is -0.140. The number of hydrogen-bond donors (Lipinski definition) is 13. The Morgan fingerprint density at radius 1 is 0.256 bits per heavy atom.